The van der Waals surface area contributed by atoms with Gasteiger partial charge in [-0.2, -0.15) is 0 Å². The number of hydrogen-bond donors (Lipinski definition) is 1. The zero-order valence-corrected chi connectivity index (χ0v) is 14.7. The summed E-state index contributed by atoms with van der Waals surface area (Å²) in [6.07, 6.45) is 2.21. The van der Waals surface area contributed by atoms with Crippen LogP contribution in [-0.4, -0.2) is 18.9 Å². The third-order valence-electron chi connectivity index (χ3n) is 4.38. The number of esters is 1. The predicted molar refractivity (Wildman–Crippen MR) is 90.6 cm³/mol. The minimum absolute atomic E-state index is 0.112. The maximum Gasteiger partial charge on any atom is 0.336 e. The number of carbonyl (C=O) groups excluding carboxylic acids is 2. The lowest BCUT2D eigenvalue weighted by molar-refractivity contribution is -0.136. The molecule has 0 spiro atoms. The largest absolute Gasteiger partial charge is 0.466 e. The number of ether oxygens (including phenoxy) is 1. The van der Waals surface area contributed by atoms with Crippen molar-refractivity contribution in [1.29, 1.82) is 0 Å². The molecule has 0 bridgehead atoms. The Labute approximate surface area is 143 Å². The van der Waals surface area contributed by atoms with Crippen molar-refractivity contribution < 1.29 is 14.3 Å². The molecule has 1 aliphatic heterocycles. The molecule has 1 heterocycles. The van der Waals surface area contributed by atoms with E-state index in [-0.39, 0.29) is 11.7 Å². The van der Waals surface area contributed by atoms with Crippen LogP contribution in [0.3, 0.4) is 0 Å². The molecular formula is C18H18BrNO3. The highest BCUT2D eigenvalue weighted by molar-refractivity contribution is 9.10. The fourth-order valence-corrected chi connectivity index (χ4v) is 3.62. The fourth-order valence-electron chi connectivity index (χ4n) is 3.35. The number of nitrogens with one attached hydrogen (secondary N) is 1. The highest BCUT2D eigenvalue weighted by atomic mass is 79.9. The highest BCUT2D eigenvalue weighted by Gasteiger charge is 2.38. The Morgan fingerprint density at radius 2 is 1.96 bits per heavy atom. The van der Waals surface area contributed by atoms with Crippen molar-refractivity contribution in [2.24, 2.45) is 0 Å². The lowest BCUT2D eigenvalue weighted by atomic mass is 9.75. The number of ketones is 1. The lowest BCUT2D eigenvalue weighted by Gasteiger charge is -2.34. The molecule has 120 valence electrons. The topological polar surface area (TPSA) is 55.4 Å². The first-order chi connectivity index (χ1) is 11.0. The van der Waals surface area contributed by atoms with Gasteiger partial charge in [0.05, 0.1) is 12.7 Å². The number of rotatable bonds is 2. The molecule has 0 saturated carbocycles. The quantitative estimate of drug-likeness (QED) is 0.802. The summed E-state index contributed by atoms with van der Waals surface area (Å²) in [6.45, 7) is 1.86. The van der Waals surface area contributed by atoms with E-state index in [1.165, 1.54) is 7.11 Å². The second-order valence-corrected chi connectivity index (χ2v) is 6.72. The molecule has 0 aromatic heterocycles. The summed E-state index contributed by atoms with van der Waals surface area (Å²) >= 11 is 3.42. The minimum atomic E-state index is -0.396. The maximum absolute atomic E-state index is 12.6. The molecule has 0 fully saturated rings. The molecule has 0 amide bonds. The number of dihydropyridines is 1. The molecule has 1 aromatic carbocycles. The van der Waals surface area contributed by atoms with Crippen molar-refractivity contribution in [3.05, 3.63) is 56.8 Å². The van der Waals surface area contributed by atoms with E-state index in [1.807, 2.05) is 31.2 Å². The molecule has 23 heavy (non-hydrogen) atoms. The van der Waals surface area contributed by atoms with Gasteiger partial charge in [-0.3, -0.25) is 4.79 Å². The summed E-state index contributed by atoms with van der Waals surface area (Å²) in [5.74, 6) is -0.645. The van der Waals surface area contributed by atoms with E-state index in [1.54, 1.807) is 0 Å². The van der Waals surface area contributed by atoms with Gasteiger partial charge in [-0.1, -0.05) is 28.1 Å². The van der Waals surface area contributed by atoms with Crippen molar-refractivity contribution in [2.45, 2.75) is 32.1 Å². The first-order valence-electron chi connectivity index (χ1n) is 7.60. The van der Waals surface area contributed by atoms with E-state index in [0.29, 0.717) is 17.6 Å². The van der Waals surface area contributed by atoms with Gasteiger partial charge in [0.1, 0.15) is 0 Å². The summed E-state index contributed by atoms with van der Waals surface area (Å²) in [5.41, 5.74) is 3.86. The van der Waals surface area contributed by atoms with Crippen LogP contribution in [0.5, 0.6) is 0 Å². The van der Waals surface area contributed by atoms with E-state index in [4.69, 9.17) is 4.74 Å². The van der Waals surface area contributed by atoms with Gasteiger partial charge in [-0.25, -0.2) is 4.79 Å². The van der Waals surface area contributed by atoms with Crippen LogP contribution in [0, 0.1) is 0 Å². The molecule has 1 aromatic rings. The molecule has 0 radical (unpaired) electrons. The smallest absolute Gasteiger partial charge is 0.336 e. The van der Waals surface area contributed by atoms with E-state index < -0.39 is 5.97 Å². The Hall–Kier alpha value is -1.88. The summed E-state index contributed by atoms with van der Waals surface area (Å²) in [4.78, 5) is 24.9. The second-order valence-electron chi connectivity index (χ2n) is 5.81. The Kier molecular flexibility index (Phi) is 4.39. The zero-order chi connectivity index (χ0) is 16.6. The molecule has 4 nitrogen and oxygen atoms in total. The van der Waals surface area contributed by atoms with Gasteiger partial charge in [0.2, 0.25) is 0 Å². The van der Waals surface area contributed by atoms with Gasteiger partial charge >= 0.3 is 5.97 Å². The number of halogens is 1. The highest BCUT2D eigenvalue weighted by Crippen LogP contribution is 2.42. The molecule has 2 aliphatic rings. The second kappa shape index (κ2) is 6.32. The first-order valence-corrected chi connectivity index (χ1v) is 8.40. The van der Waals surface area contributed by atoms with Crippen molar-refractivity contribution in [1.82, 2.24) is 5.32 Å². The van der Waals surface area contributed by atoms with Gasteiger partial charge in [0.25, 0.3) is 0 Å². The van der Waals surface area contributed by atoms with E-state index in [0.717, 1.165) is 34.3 Å². The Balaban J connectivity index is 2.18. The van der Waals surface area contributed by atoms with E-state index >= 15 is 0 Å². The lowest BCUT2D eigenvalue weighted by Crippen LogP contribution is -2.34. The number of carbonyl (C=O) groups is 2. The van der Waals surface area contributed by atoms with Crippen molar-refractivity contribution >= 4 is 27.7 Å². The van der Waals surface area contributed by atoms with Crippen LogP contribution in [0.2, 0.25) is 0 Å². The molecule has 0 saturated heterocycles. The monoisotopic (exact) mass is 375 g/mol. The third-order valence-corrected chi connectivity index (χ3v) is 4.91. The summed E-state index contributed by atoms with van der Waals surface area (Å²) in [6, 6.07) is 7.75. The van der Waals surface area contributed by atoms with Crippen molar-refractivity contribution in [3.8, 4) is 0 Å². The van der Waals surface area contributed by atoms with Crippen LogP contribution < -0.4 is 5.32 Å². The van der Waals surface area contributed by atoms with Gasteiger partial charge in [0.15, 0.2) is 5.78 Å². The Morgan fingerprint density at radius 3 is 2.61 bits per heavy atom. The summed E-state index contributed by atoms with van der Waals surface area (Å²) in [5, 5.41) is 3.25. The fraction of sp³-hybridized carbons (Fsp3) is 0.333. The zero-order valence-electron chi connectivity index (χ0n) is 13.1. The van der Waals surface area contributed by atoms with Crippen LogP contribution in [0.1, 0.15) is 37.7 Å². The third kappa shape index (κ3) is 2.85. The number of Topliss-reactive ketones (excluding diaryl/α,β-unsaturated/α-hetero) is 1. The van der Waals surface area contributed by atoms with Gasteiger partial charge in [-0.05, 0) is 37.5 Å². The average Bonchev–Trinajstić information content (AvgIpc) is 2.54. The van der Waals surface area contributed by atoms with Crippen LogP contribution in [0.25, 0.3) is 0 Å². The number of allylic oxidation sites excluding steroid dienone is 3. The van der Waals surface area contributed by atoms with E-state index in [9.17, 15) is 9.59 Å². The number of hydrogen-bond acceptors (Lipinski definition) is 4. The van der Waals surface area contributed by atoms with Crippen LogP contribution in [0.4, 0.5) is 0 Å². The van der Waals surface area contributed by atoms with Gasteiger partial charge in [-0.15, -0.1) is 0 Å². The van der Waals surface area contributed by atoms with Crippen molar-refractivity contribution in [2.75, 3.05) is 7.11 Å². The SMILES string of the molecule is COC(=O)C1=C(C)NC2=C(C(=O)CCC2)C1c1ccc(Br)cc1. The standard InChI is InChI=1S/C18H18BrNO3/c1-10-15(18(22)23-2)16(11-6-8-12(19)9-7-11)17-13(20-10)4-3-5-14(17)21/h6-9,16,20H,3-5H2,1-2H3. The van der Waals surface area contributed by atoms with E-state index in [2.05, 4.69) is 21.2 Å². The maximum atomic E-state index is 12.6. The van der Waals surface area contributed by atoms with Gasteiger partial charge < -0.3 is 10.1 Å². The molecule has 1 aliphatic carbocycles. The van der Waals surface area contributed by atoms with Gasteiger partial charge in [0, 0.05) is 33.8 Å². The molecular weight excluding hydrogens is 358 g/mol. The molecule has 3 rings (SSSR count). The van der Waals surface area contributed by atoms with Crippen LogP contribution in [0.15, 0.2) is 51.3 Å². The number of benzene rings is 1. The molecule has 5 heteroatoms. The van der Waals surface area contributed by atoms with Crippen molar-refractivity contribution in [3.63, 3.8) is 0 Å². The summed E-state index contributed by atoms with van der Waals surface area (Å²) < 4.78 is 5.93. The predicted octanol–water partition coefficient (Wildman–Crippen LogP) is 3.59. The molecule has 1 unspecified atom stereocenters. The Morgan fingerprint density at radius 1 is 1.26 bits per heavy atom. The van der Waals surface area contributed by atoms with Crippen LogP contribution >= 0.6 is 15.9 Å². The number of methoxy groups -OCH3 is 1. The normalized spacial score (nSPS) is 21.0. The molecule has 1 N–H and O–H groups in total. The Bertz CT molecular complexity index is 731. The van der Waals surface area contributed by atoms with Crippen LogP contribution in [-0.2, 0) is 14.3 Å². The first kappa shape index (κ1) is 16.0. The summed E-state index contributed by atoms with van der Waals surface area (Å²) in [7, 11) is 1.37. The minimum Gasteiger partial charge on any atom is -0.466 e. The molecule has 1 atom stereocenters. The average molecular weight is 376 g/mol.